The van der Waals surface area contributed by atoms with E-state index in [0.29, 0.717) is 17.8 Å². The Morgan fingerprint density at radius 3 is 2.64 bits per heavy atom. The van der Waals surface area contributed by atoms with Gasteiger partial charge in [-0.3, -0.25) is 0 Å². The van der Waals surface area contributed by atoms with Crippen molar-refractivity contribution in [3.8, 4) is 0 Å². The Kier molecular flexibility index (Phi) is 3.34. The minimum Gasteiger partial charge on any atom is -0.390 e. The molecule has 0 amide bonds. The predicted octanol–water partition coefficient (Wildman–Crippen LogP) is 3.92. The van der Waals surface area contributed by atoms with Crippen molar-refractivity contribution in [1.82, 2.24) is 0 Å². The van der Waals surface area contributed by atoms with Gasteiger partial charge in [-0.2, -0.15) is 0 Å². The summed E-state index contributed by atoms with van der Waals surface area (Å²) in [7, 11) is 0. The average molecular weight is 304 g/mol. The summed E-state index contributed by atoms with van der Waals surface area (Å²) in [5.41, 5.74) is 2.13. The maximum atomic E-state index is 10.5. The van der Waals surface area contributed by atoms with Crippen LogP contribution in [0.4, 0.5) is 0 Å². The molecule has 0 spiro atoms. The summed E-state index contributed by atoms with van der Waals surface area (Å²) in [5, 5.41) is 20.7. The summed E-state index contributed by atoms with van der Waals surface area (Å²) >= 11 is 0. The molecule has 2 N–H and O–H groups in total. The number of allylic oxidation sites excluding steroid dienone is 1. The van der Waals surface area contributed by atoms with Crippen LogP contribution >= 0.6 is 0 Å². The number of aliphatic hydroxyl groups is 2. The summed E-state index contributed by atoms with van der Waals surface area (Å²) in [6.07, 6.45) is 10.2. The Labute approximate surface area is 135 Å². The number of rotatable bonds is 0. The van der Waals surface area contributed by atoms with Gasteiger partial charge < -0.3 is 10.2 Å². The lowest BCUT2D eigenvalue weighted by Gasteiger charge is -2.60. The van der Waals surface area contributed by atoms with Crippen molar-refractivity contribution in [2.24, 2.45) is 34.5 Å². The van der Waals surface area contributed by atoms with Gasteiger partial charge >= 0.3 is 0 Å². The summed E-state index contributed by atoms with van der Waals surface area (Å²) in [6, 6.07) is 0. The lowest BCUT2D eigenvalue weighted by molar-refractivity contribution is -0.116. The van der Waals surface area contributed by atoms with Gasteiger partial charge in [-0.05, 0) is 73.0 Å². The van der Waals surface area contributed by atoms with Crippen LogP contribution in [0.3, 0.4) is 0 Å². The van der Waals surface area contributed by atoms with E-state index in [9.17, 15) is 10.2 Å². The van der Waals surface area contributed by atoms with Crippen LogP contribution in [0, 0.1) is 34.5 Å². The molecule has 0 aromatic carbocycles. The normalized spacial score (nSPS) is 57.6. The van der Waals surface area contributed by atoms with E-state index in [1.807, 2.05) is 0 Å². The molecule has 124 valence electrons. The van der Waals surface area contributed by atoms with E-state index in [1.54, 1.807) is 0 Å². The lowest BCUT2D eigenvalue weighted by atomic mass is 9.45. The maximum absolute atomic E-state index is 10.5. The molecule has 0 radical (unpaired) electrons. The summed E-state index contributed by atoms with van der Waals surface area (Å²) in [6.45, 7) is 7.10. The van der Waals surface area contributed by atoms with Gasteiger partial charge in [0, 0.05) is 0 Å². The Hall–Kier alpha value is -0.340. The summed E-state index contributed by atoms with van der Waals surface area (Å²) in [4.78, 5) is 0. The monoisotopic (exact) mass is 304 g/mol. The Morgan fingerprint density at radius 1 is 1.09 bits per heavy atom. The topological polar surface area (TPSA) is 40.5 Å². The van der Waals surface area contributed by atoms with Crippen molar-refractivity contribution in [3.63, 3.8) is 0 Å². The fourth-order valence-corrected chi connectivity index (χ4v) is 7.06. The zero-order valence-corrected chi connectivity index (χ0v) is 14.4. The summed E-state index contributed by atoms with van der Waals surface area (Å²) in [5.74, 6) is 2.57. The molecule has 4 aliphatic carbocycles. The number of fused-ring (bicyclic) bond motifs is 5. The molecule has 22 heavy (non-hydrogen) atoms. The second-order valence-corrected chi connectivity index (χ2v) is 9.26. The summed E-state index contributed by atoms with van der Waals surface area (Å²) < 4.78 is 0. The molecule has 0 aromatic rings. The smallest absolute Gasteiger partial charge is 0.0839 e. The van der Waals surface area contributed by atoms with Gasteiger partial charge in [0.2, 0.25) is 0 Å². The van der Waals surface area contributed by atoms with Gasteiger partial charge in [0.1, 0.15) is 0 Å². The van der Waals surface area contributed by atoms with Gasteiger partial charge in [-0.1, -0.05) is 38.8 Å². The highest BCUT2D eigenvalue weighted by Crippen LogP contribution is 2.65. The van der Waals surface area contributed by atoms with E-state index in [4.69, 9.17) is 0 Å². The molecule has 0 heterocycles. The zero-order chi connectivity index (χ0) is 15.7. The van der Waals surface area contributed by atoms with Gasteiger partial charge in [-0.15, -0.1) is 0 Å². The lowest BCUT2D eigenvalue weighted by Crippen LogP contribution is -2.56. The average Bonchev–Trinajstić information content (AvgIpc) is 2.89. The minimum absolute atomic E-state index is 0.103. The van der Waals surface area contributed by atoms with Crippen molar-refractivity contribution < 1.29 is 10.2 Å². The van der Waals surface area contributed by atoms with Crippen LogP contribution in [0.1, 0.15) is 65.7 Å². The molecular weight excluding hydrogens is 272 g/mol. The second kappa shape index (κ2) is 4.83. The molecule has 2 nitrogen and oxygen atoms in total. The van der Waals surface area contributed by atoms with E-state index in [-0.39, 0.29) is 11.3 Å². The first-order chi connectivity index (χ1) is 10.4. The van der Waals surface area contributed by atoms with Crippen LogP contribution in [-0.4, -0.2) is 22.4 Å². The van der Waals surface area contributed by atoms with Crippen molar-refractivity contribution in [3.05, 3.63) is 11.6 Å². The Balaban J connectivity index is 1.73. The van der Waals surface area contributed by atoms with E-state index >= 15 is 0 Å². The number of hydrogen-bond donors (Lipinski definition) is 2. The third-order valence-electron chi connectivity index (χ3n) is 8.60. The fourth-order valence-electron chi connectivity index (χ4n) is 7.06. The van der Waals surface area contributed by atoms with E-state index in [0.717, 1.165) is 11.8 Å². The molecule has 0 aliphatic heterocycles. The highest BCUT2D eigenvalue weighted by atomic mass is 16.3. The number of aliphatic hydroxyl groups excluding tert-OH is 2. The molecule has 4 rings (SSSR count). The van der Waals surface area contributed by atoms with Crippen LogP contribution in [0.25, 0.3) is 0 Å². The largest absolute Gasteiger partial charge is 0.390 e. The highest BCUT2D eigenvalue weighted by Gasteiger charge is 2.59. The number of hydrogen-bond acceptors (Lipinski definition) is 2. The third kappa shape index (κ3) is 1.80. The van der Waals surface area contributed by atoms with E-state index < -0.39 is 12.2 Å². The fraction of sp³-hybridized carbons (Fsp3) is 0.900. The molecule has 0 bridgehead atoms. The minimum atomic E-state index is -0.564. The Bertz CT molecular complexity index is 498. The second-order valence-electron chi connectivity index (χ2n) is 9.26. The molecule has 4 aliphatic rings. The standard InChI is InChI=1S/C20H32O2/c1-12-18(22)17(21)11-13-6-7-14-15-5-4-9-19(15,2)10-8-16(14)20(12,13)3/h6,12,14-18,21-22H,4-5,7-11H2,1-3H3/t12?,14-,15-,16+,17?,18?,19-,20-/m0/s1. The zero-order valence-electron chi connectivity index (χ0n) is 14.4. The molecule has 0 aromatic heterocycles. The van der Waals surface area contributed by atoms with Gasteiger partial charge in [0.25, 0.3) is 0 Å². The molecule has 3 fully saturated rings. The molecular formula is C20H32O2. The van der Waals surface area contributed by atoms with E-state index in [2.05, 4.69) is 26.8 Å². The van der Waals surface area contributed by atoms with Crippen LogP contribution in [0.2, 0.25) is 0 Å². The molecule has 3 saturated carbocycles. The van der Waals surface area contributed by atoms with Crippen molar-refractivity contribution in [1.29, 1.82) is 0 Å². The SMILES string of the molecule is CC1C(O)C(O)CC2=CC[C@@H]3[C@@H](CC[C@]4(C)CCC[C@@H]34)[C@]21C. The molecule has 3 unspecified atom stereocenters. The molecule has 2 heteroatoms. The maximum Gasteiger partial charge on any atom is 0.0839 e. The molecule has 0 saturated heterocycles. The molecule has 8 atom stereocenters. The van der Waals surface area contributed by atoms with E-state index in [1.165, 1.54) is 44.1 Å². The Morgan fingerprint density at radius 2 is 1.86 bits per heavy atom. The van der Waals surface area contributed by atoms with Gasteiger partial charge in [0.15, 0.2) is 0 Å². The van der Waals surface area contributed by atoms with Crippen molar-refractivity contribution in [2.45, 2.75) is 77.9 Å². The predicted molar refractivity (Wildman–Crippen MR) is 88.3 cm³/mol. The van der Waals surface area contributed by atoms with Gasteiger partial charge in [-0.25, -0.2) is 0 Å². The van der Waals surface area contributed by atoms with Crippen LogP contribution in [0.5, 0.6) is 0 Å². The third-order valence-corrected chi connectivity index (χ3v) is 8.60. The van der Waals surface area contributed by atoms with Gasteiger partial charge in [0.05, 0.1) is 12.2 Å². The quantitative estimate of drug-likeness (QED) is 0.666. The first-order valence-electron chi connectivity index (χ1n) is 9.43. The van der Waals surface area contributed by atoms with Crippen molar-refractivity contribution >= 4 is 0 Å². The van der Waals surface area contributed by atoms with Crippen molar-refractivity contribution in [2.75, 3.05) is 0 Å². The highest BCUT2D eigenvalue weighted by molar-refractivity contribution is 5.27. The first-order valence-corrected chi connectivity index (χ1v) is 9.43. The van der Waals surface area contributed by atoms with Crippen LogP contribution in [0.15, 0.2) is 11.6 Å². The first kappa shape index (κ1) is 15.2. The van der Waals surface area contributed by atoms with Crippen LogP contribution in [-0.2, 0) is 0 Å². The van der Waals surface area contributed by atoms with Crippen LogP contribution < -0.4 is 0 Å².